The topological polar surface area (TPSA) is 47.9 Å². The van der Waals surface area contributed by atoms with Crippen LogP contribution in [0.25, 0.3) is 0 Å². The average molecular weight is 197 g/mol. The van der Waals surface area contributed by atoms with Gasteiger partial charge in [0.05, 0.1) is 24.8 Å². The highest BCUT2D eigenvalue weighted by Crippen LogP contribution is 1.92. The van der Waals surface area contributed by atoms with Crippen LogP contribution in [0, 0.1) is 0 Å². The first-order chi connectivity index (χ1) is 6.43. The van der Waals surface area contributed by atoms with Crippen LogP contribution >= 0.6 is 12.6 Å². The van der Waals surface area contributed by atoms with Gasteiger partial charge in [0.1, 0.15) is 0 Å². The maximum absolute atomic E-state index is 5.16. The van der Waals surface area contributed by atoms with Crippen molar-refractivity contribution in [3.05, 3.63) is 30.3 Å². The van der Waals surface area contributed by atoms with Crippen LogP contribution in [0.4, 0.5) is 0 Å². The smallest absolute Gasteiger partial charge is 0.0929 e. The minimum Gasteiger partial charge on any atom is -0.501 e. The molecule has 1 rings (SSSR count). The Bertz CT molecular complexity index is 253. The molecule has 0 unspecified atom stereocenters. The zero-order chi connectivity index (χ0) is 9.36. The van der Waals surface area contributed by atoms with E-state index in [1.54, 1.807) is 12.5 Å². The molecular weight excluding hydrogens is 186 g/mol. The highest BCUT2D eigenvalue weighted by Gasteiger charge is 1.92. The molecule has 0 bridgehead atoms. The first kappa shape index (κ1) is 9.98. The summed E-state index contributed by atoms with van der Waals surface area (Å²) < 4.78 is 5.16. The van der Waals surface area contributed by atoms with E-state index < -0.39 is 0 Å². The fourth-order valence-electron chi connectivity index (χ4n) is 0.742. The van der Waals surface area contributed by atoms with Crippen molar-refractivity contribution in [3.63, 3.8) is 0 Å². The third-order valence-electron chi connectivity index (χ3n) is 1.33. The molecule has 0 aliphatic carbocycles. The predicted molar refractivity (Wildman–Crippen MR) is 52.5 cm³/mol. The number of ether oxygens (including phenoxy) is 1. The van der Waals surface area contributed by atoms with E-state index in [4.69, 9.17) is 4.74 Å². The Morgan fingerprint density at radius 3 is 3.15 bits per heavy atom. The van der Waals surface area contributed by atoms with Gasteiger partial charge in [-0.15, -0.1) is 10.2 Å². The second-order valence-electron chi connectivity index (χ2n) is 2.29. The zero-order valence-electron chi connectivity index (χ0n) is 7.13. The van der Waals surface area contributed by atoms with Gasteiger partial charge in [-0.2, -0.15) is 12.6 Å². The fraction of sp³-hybridized carbons (Fsp3) is 0.375. The molecule has 1 heterocycles. The van der Waals surface area contributed by atoms with Gasteiger partial charge in [0.15, 0.2) is 0 Å². The Balaban J connectivity index is 2.17. The third kappa shape index (κ3) is 4.47. The second-order valence-corrected chi connectivity index (χ2v) is 2.65. The number of thiol groups is 1. The van der Waals surface area contributed by atoms with E-state index in [1.165, 1.54) is 0 Å². The third-order valence-corrected chi connectivity index (χ3v) is 1.54. The number of aromatic nitrogens is 3. The summed E-state index contributed by atoms with van der Waals surface area (Å²) in [5, 5.41) is 10.9. The summed E-state index contributed by atoms with van der Waals surface area (Å²) in [4.78, 5) is 0. The second kappa shape index (κ2) is 6.42. The molecule has 0 spiro atoms. The standard InChI is InChI=1S/C8H11N3OS/c13-7-1-5-12-6-3-8-2-4-9-11-10-8/h1-2,4-5,13H,3,6-7H2. The highest BCUT2D eigenvalue weighted by atomic mass is 32.1. The minimum absolute atomic E-state index is 0.600. The number of nitrogens with zero attached hydrogens (tertiary/aromatic N) is 3. The van der Waals surface area contributed by atoms with Gasteiger partial charge in [0.25, 0.3) is 0 Å². The van der Waals surface area contributed by atoms with Gasteiger partial charge in [-0.05, 0) is 17.4 Å². The lowest BCUT2D eigenvalue weighted by molar-refractivity contribution is 0.252. The van der Waals surface area contributed by atoms with Crippen LogP contribution < -0.4 is 0 Å². The molecule has 0 aromatic carbocycles. The molecular formula is C8H11N3OS. The molecule has 13 heavy (non-hydrogen) atoms. The summed E-state index contributed by atoms with van der Waals surface area (Å²) in [6.45, 7) is 0.600. The lowest BCUT2D eigenvalue weighted by Crippen LogP contribution is -1.98. The molecule has 0 saturated heterocycles. The minimum atomic E-state index is 0.600. The lowest BCUT2D eigenvalue weighted by Gasteiger charge is -1.98. The van der Waals surface area contributed by atoms with Gasteiger partial charge in [-0.1, -0.05) is 0 Å². The number of hydrogen-bond donors (Lipinski definition) is 1. The van der Waals surface area contributed by atoms with Crippen LogP contribution in [0.1, 0.15) is 5.69 Å². The quantitative estimate of drug-likeness (QED) is 0.432. The van der Waals surface area contributed by atoms with E-state index in [0.29, 0.717) is 12.4 Å². The summed E-state index contributed by atoms with van der Waals surface area (Å²) in [5.74, 6) is 0.690. The van der Waals surface area contributed by atoms with Gasteiger partial charge in [-0.3, -0.25) is 0 Å². The van der Waals surface area contributed by atoms with Crippen molar-refractivity contribution in [2.45, 2.75) is 6.42 Å². The van der Waals surface area contributed by atoms with Crippen molar-refractivity contribution in [1.82, 2.24) is 15.4 Å². The summed E-state index contributed by atoms with van der Waals surface area (Å²) in [6.07, 6.45) is 5.83. The first-order valence-corrected chi connectivity index (χ1v) is 4.57. The highest BCUT2D eigenvalue weighted by molar-refractivity contribution is 7.80. The molecule has 0 saturated carbocycles. The molecule has 0 amide bonds. The summed E-state index contributed by atoms with van der Waals surface area (Å²) in [7, 11) is 0. The molecule has 5 heteroatoms. The molecule has 4 nitrogen and oxygen atoms in total. The average Bonchev–Trinajstić information content (AvgIpc) is 2.19. The van der Waals surface area contributed by atoms with E-state index in [-0.39, 0.29) is 0 Å². The Morgan fingerprint density at radius 2 is 2.46 bits per heavy atom. The molecule has 0 aliphatic rings. The van der Waals surface area contributed by atoms with Crippen LogP contribution in [0.15, 0.2) is 24.6 Å². The van der Waals surface area contributed by atoms with Crippen LogP contribution in [0.2, 0.25) is 0 Å². The largest absolute Gasteiger partial charge is 0.501 e. The van der Waals surface area contributed by atoms with Gasteiger partial charge in [0, 0.05) is 12.2 Å². The molecule has 0 aliphatic heterocycles. The normalized spacial score (nSPS) is 10.5. The summed E-state index contributed by atoms with van der Waals surface area (Å²) in [6, 6.07) is 1.82. The van der Waals surface area contributed by atoms with Crippen molar-refractivity contribution in [2.24, 2.45) is 0 Å². The Hall–Kier alpha value is -1.10. The van der Waals surface area contributed by atoms with E-state index in [0.717, 1.165) is 12.1 Å². The monoisotopic (exact) mass is 197 g/mol. The number of rotatable bonds is 5. The van der Waals surface area contributed by atoms with Gasteiger partial charge < -0.3 is 4.74 Å². The van der Waals surface area contributed by atoms with Crippen LogP contribution in [0.5, 0.6) is 0 Å². The van der Waals surface area contributed by atoms with E-state index in [9.17, 15) is 0 Å². The Labute approximate surface area is 82.4 Å². The molecule has 70 valence electrons. The molecule has 0 atom stereocenters. The van der Waals surface area contributed by atoms with Crippen molar-refractivity contribution in [3.8, 4) is 0 Å². The lowest BCUT2D eigenvalue weighted by atomic mass is 10.3. The van der Waals surface area contributed by atoms with Gasteiger partial charge in [-0.25, -0.2) is 0 Å². The van der Waals surface area contributed by atoms with Crippen LogP contribution in [0.3, 0.4) is 0 Å². The molecule has 1 aromatic rings. The Morgan fingerprint density at radius 1 is 1.54 bits per heavy atom. The van der Waals surface area contributed by atoms with Crippen molar-refractivity contribution >= 4 is 12.6 Å². The van der Waals surface area contributed by atoms with E-state index >= 15 is 0 Å². The molecule has 0 fully saturated rings. The van der Waals surface area contributed by atoms with Gasteiger partial charge in [0.2, 0.25) is 0 Å². The summed E-state index contributed by atoms with van der Waals surface area (Å²) in [5.41, 5.74) is 0.884. The van der Waals surface area contributed by atoms with E-state index in [2.05, 4.69) is 28.0 Å². The van der Waals surface area contributed by atoms with Crippen molar-refractivity contribution < 1.29 is 4.74 Å². The fourth-order valence-corrected chi connectivity index (χ4v) is 0.828. The zero-order valence-corrected chi connectivity index (χ0v) is 8.02. The van der Waals surface area contributed by atoms with Crippen LogP contribution in [-0.4, -0.2) is 27.8 Å². The summed E-state index contributed by atoms with van der Waals surface area (Å²) >= 11 is 4.00. The maximum atomic E-state index is 5.16. The van der Waals surface area contributed by atoms with Gasteiger partial charge >= 0.3 is 0 Å². The Kier molecular flexibility index (Phi) is 4.93. The molecule has 0 radical (unpaired) electrons. The van der Waals surface area contributed by atoms with Crippen LogP contribution in [-0.2, 0) is 11.2 Å². The SMILES string of the molecule is SCC=COCCc1ccnnn1. The van der Waals surface area contributed by atoms with E-state index in [1.807, 2.05) is 12.1 Å². The maximum Gasteiger partial charge on any atom is 0.0929 e. The number of hydrogen-bond acceptors (Lipinski definition) is 5. The predicted octanol–water partition coefficient (Wildman–Crippen LogP) is 0.874. The molecule has 0 N–H and O–H groups in total. The van der Waals surface area contributed by atoms with Crippen molar-refractivity contribution in [1.29, 1.82) is 0 Å². The molecule has 1 aromatic heterocycles. The first-order valence-electron chi connectivity index (χ1n) is 3.94. The van der Waals surface area contributed by atoms with Crippen molar-refractivity contribution in [2.75, 3.05) is 12.4 Å².